The smallest absolute Gasteiger partial charge is 0.136 e. The van der Waals surface area contributed by atoms with Crippen molar-refractivity contribution in [2.45, 2.75) is 74.3 Å². The lowest BCUT2D eigenvalue weighted by Gasteiger charge is -2.70. The van der Waals surface area contributed by atoms with Gasteiger partial charge in [-0.1, -0.05) is 6.92 Å². The normalized spacial score (nSPS) is 60.9. The predicted molar refractivity (Wildman–Crippen MR) is 119 cm³/mol. The third-order valence-electron chi connectivity index (χ3n) is 11.6. The van der Waals surface area contributed by atoms with Crippen LogP contribution in [-0.2, 0) is 18.9 Å². The van der Waals surface area contributed by atoms with Crippen LogP contribution in [0.3, 0.4) is 0 Å². The molecule has 6 aliphatic rings. The van der Waals surface area contributed by atoms with Gasteiger partial charge in [-0.2, -0.15) is 0 Å². The van der Waals surface area contributed by atoms with Gasteiger partial charge in [-0.05, 0) is 31.7 Å². The van der Waals surface area contributed by atoms with E-state index in [0.29, 0.717) is 13.0 Å². The van der Waals surface area contributed by atoms with Crippen LogP contribution in [0.15, 0.2) is 0 Å². The van der Waals surface area contributed by atoms with Crippen molar-refractivity contribution in [3.8, 4) is 0 Å². The van der Waals surface area contributed by atoms with Crippen molar-refractivity contribution in [2.24, 2.45) is 34.5 Å². The van der Waals surface area contributed by atoms with Crippen LogP contribution in [0.4, 0.5) is 0 Å². The highest BCUT2D eigenvalue weighted by Crippen LogP contribution is 2.80. The third-order valence-corrected chi connectivity index (χ3v) is 11.6. The lowest BCUT2D eigenvalue weighted by atomic mass is 9.42. The molecule has 6 rings (SSSR count). The summed E-state index contributed by atoms with van der Waals surface area (Å²) in [5, 5.41) is 36.6. The van der Waals surface area contributed by atoms with E-state index in [1.165, 1.54) is 0 Å². The van der Waals surface area contributed by atoms with E-state index < -0.39 is 28.1 Å². The molecule has 8 nitrogen and oxygen atoms in total. The second kappa shape index (κ2) is 7.13. The molecule has 1 aliphatic heterocycles. The molecule has 33 heavy (non-hydrogen) atoms. The average Bonchev–Trinajstić information content (AvgIpc) is 3.24. The van der Waals surface area contributed by atoms with Crippen molar-refractivity contribution in [3.63, 3.8) is 0 Å². The van der Waals surface area contributed by atoms with Crippen molar-refractivity contribution in [3.05, 3.63) is 0 Å². The van der Waals surface area contributed by atoms with Gasteiger partial charge in [0.2, 0.25) is 0 Å². The highest BCUT2D eigenvalue weighted by atomic mass is 16.5. The molecule has 8 heteroatoms. The summed E-state index contributed by atoms with van der Waals surface area (Å²) in [6.07, 6.45) is 1.81. The number of hydrogen-bond donors (Lipinski definition) is 3. The molecule has 0 aromatic carbocycles. The Bertz CT molecular complexity index is 814. The number of ether oxygens (including phenoxy) is 4. The Morgan fingerprint density at radius 2 is 1.79 bits per heavy atom. The van der Waals surface area contributed by atoms with Gasteiger partial charge in [-0.3, -0.25) is 4.90 Å². The summed E-state index contributed by atoms with van der Waals surface area (Å²) in [5.41, 5.74) is -3.78. The summed E-state index contributed by atoms with van der Waals surface area (Å²) in [5.74, 6) is -0.0916. The highest BCUT2D eigenvalue weighted by Gasteiger charge is 2.91. The molecule has 5 aliphatic carbocycles. The van der Waals surface area contributed by atoms with Crippen LogP contribution in [0, 0.1) is 34.5 Å². The van der Waals surface area contributed by atoms with Crippen LogP contribution in [0.1, 0.15) is 32.6 Å². The van der Waals surface area contributed by atoms with Crippen LogP contribution >= 0.6 is 0 Å². The fourth-order valence-corrected chi connectivity index (χ4v) is 11.0. The summed E-state index contributed by atoms with van der Waals surface area (Å²) in [6, 6.07) is -0.312. The Morgan fingerprint density at radius 3 is 2.36 bits per heavy atom. The topological polar surface area (TPSA) is 101 Å². The number of rotatable bonds is 6. The Hall–Kier alpha value is -0.320. The van der Waals surface area contributed by atoms with Gasteiger partial charge < -0.3 is 34.3 Å². The minimum Gasteiger partial charge on any atom is -0.396 e. The zero-order valence-electron chi connectivity index (χ0n) is 20.6. The van der Waals surface area contributed by atoms with E-state index in [4.69, 9.17) is 18.9 Å². The van der Waals surface area contributed by atoms with Crippen LogP contribution in [0.5, 0.6) is 0 Å². The van der Waals surface area contributed by atoms with Crippen molar-refractivity contribution in [1.82, 2.24) is 4.90 Å². The fourth-order valence-electron chi connectivity index (χ4n) is 11.0. The molecule has 1 spiro atoms. The van der Waals surface area contributed by atoms with E-state index in [0.717, 1.165) is 25.8 Å². The van der Waals surface area contributed by atoms with Gasteiger partial charge in [0.25, 0.3) is 0 Å². The number of fused-ring (bicyclic) bond motifs is 2. The summed E-state index contributed by atoms with van der Waals surface area (Å²) in [6.45, 7) is 3.59. The maximum absolute atomic E-state index is 13.0. The van der Waals surface area contributed by atoms with Crippen LogP contribution in [0.25, 0.3) is 0 Å². The van der Waals surface area contributed by atoms with Crippen LogP contribution < -0.4 is 0 Å². The maximum atomic E-state index is 13.0. The number of aliphatic hydroxyl groups excluding tert-OH is 1. The van der Waals surface area contributed by atoms with Crippen molar-refractivity contribution >= 4 is 0 Å². The summed E-state index contributed by atoms with van der Waals surface area (Å²) < 4.78 is 24.5. The van der Waals surface area contributed by atoms with E-state index in [-0.39, 0.29) is 54.6 Å². The molecule has 7 bridgehead atoms. The molecule has 1 heterocycles. The molecule has 6 fully saturated rings. The van der Waals surface area contributed by atoms with E-state index in [1.54, 1.807) is 28.4 Å². The lowest BCUT2D eigenvalue weighted by Crippen LogP contribution is -2.82. The highest BCUT2D eigenvalue weighted by molar-refractivity contribution is 5.41. The molecule has 1 saturated heterocycles. The molecule has 0 amide bonds. The number of aliphatic hydroxyl groups is 3. The Labute approximate surface area is 196 Å². The molecule has 0 radical (unpaired) electrons. The third kappa shape index (κ3) is 2.16. The molecule has 188 valence electrons. The molecule has 5 saturated carbocycles. The monoisotopic (exact) mass is 467 g/mol. The summed E-state index contributed by atoms with van der Waals surface area (Å²) in [7, 11) is 6.85. The largest absolute Gasteiger partial charge is 0.396 e. The molecular weight excluding hydrogens is 426 g/mol. The Morgan fingerprint density at radius 1 is 1.03 bits per heavy atom. The number of likely N-dealkylation sites (N-methyl/N-ethyl adjacent to an activating group) is 1. The second-order valence-corrected chi connectivity index (χ2v) is 11.8. The number of hydrogen-bond acceptors (Lipinski definition) is 8. The van der Waals surface area contributed by atoms with Gasteiger partial charge in [0, 0.05) is 70.0 Å². The van der Waals surface area contributed by atoms with E-state index >= 15 is 0 Å². The summed E-state index contributed by atoms with van der Waals surface area (Å²) >= 11 is 0. The first-order valence-corrected chi connectivity index (χ1v) is 12.7. The fraction of sp³-hybridized carbons (Fsp3) is 1.00. The number of likely N-dealkylation sites (tertiary alicyclic amines) is 1. The van der Waals surface area contributed by atoms with Gasteiger partial charge in [0.15, 0.2) is 0 Å². The van der Waals surface area contributed by atoms with Crippen molar-refractivity contribution in [1.29, 1.82) is 0 Å². The molecule has 0 aromatic rings. The van der Waals surface area contributed by atoms with Gasteiger partial charge in [-0.15, -0.1) is 0 Å². The first kappa shape index (κ1) is 23.1. The first-order valence-electron chi connectivity index (χ1n) is 12.7. The standard InChI is InChI=1S/C25H41NO7/c1-6-26-11-22(12-27)8-7-16(31-3)24-14-9-13-15(30-2)10-23(28,17(14)18(13)32-4)25(29,21(24)26)20(33-5)19(22)24/h13-21,27-29H,6-12H2,1-5H3/t13-,14-,15+,16+,17-,18+,19-,20+,21?,22+,23-,24+,25+/m1/s1. The molecule has 13 atom stereocenters. The Balaban J connectivity index is 1.68. The van der Waals surface area contributed by atoms with Gasteiger partial charge >= 0.3 is 0 Å². The molecule has 0 aromatic heterocycles. The Kier molecular flexibility index (Phi) is 4.99. The minimum absolute atomic E-state index is 0.0443. The molecular formula is C25H41NO7. The van der Waals surface area contributed by atoms with E-state index in [1.807, 2.05) is 0 Å². The number of piperidine rings is 1. The summed E-state index contributed by atoms with van der Waals surface area (Å²) in [4.78, 5) is 2.33. The van der Waals surface area contributed by atoms with E-state index in [2.05, 4.69) is 11.8 Å². The maximum Gasteiger partial charge on any atom is 0.136 e. The quantitative estimate of drug-likeness (QED) is 0.512. The number of nitrogens with zero attached hydrogens (tertiary/aromatic N) is 1. The predicted octanol–water partition coefficient (Wildman–Crippen LogP) is 0.271. The van der Waals surface area contributed by atoms with Crippen molar-refractivity contribution in [2.75, 3.05) is 48.1 Å². The van der Waals surface area contributed by atoms with Crippen LogP contribution in [-0.4, -0.2) is 110 Å². The number of methoxy groups -OCH3 is 4. The second-order valence-electron chi connectivity index (χ2n) is 11.8. The van der Waals surface area contributed by atoms with Gasteiger partial charge in [-0.25, -0.2) is 0 Å². The zero-order chi connectivity index (χ0) is 23.6. The molecule has 1 unspecified atom stereocenters. The first-order chi connectivity index (χ1) is 15.8. The van der Waals surface area contributed by atoms with Gasteiger partial charge in [0.1, 0.15) is 11.2 Å². The average molecular weight is 468 g/mol. The minimum atomic E-state index is -1.52. The van der Waals surface area contributed by atoms with E-state index in [9.17, 15) is 15.3 Å². The van der Waals surface area contributed by atoms with Crippen LogP contribution in [0.2, 0.25) is 0 Å². The zero-order valence-corrected chi connectivity index (χ0v) is 20.6. The molecule has 3 N–H and O–H groups in total. The van der Waals surface area contributed by atoms with Gasteiger partial charge in [0.05, 0.1) is 37.1 Å². The lowest BCUT2D eigenvalue weighted by molar-refractivity contribution is -0.320. The van der Waals surface area contributed by atoms with Crippen molar-refractivity contribution < 1.29 is 34.3 Å². The SMILES string of the molecule is CCN1C[C@]2(CO)CC[C@H](OC)[C@]34C1[C@@](O)([C@@H](OC)[C@H]23)[C@@]1(O)C[C@H](OC)[C@H]2C[C@@H]4[C@@H]1[C@H]2OC.